The number of fused-ring (bicyclic) bond motifs is 1. The molecule has 2 heterocycles. The largest absolute Gasteiger partial charge is 0.420 e. The van der Waals surface area contributed by atoms with Crippen molar-refractivity contribution in [1.29, 1.82) is 0 Å². The first-order valence-corrected chi connectivity index (χ1v) is 6.12. The van der Waals surface area contributed by atoms with Crippen LogP contribution in [0.4, 0.5) is 0 Å². The first kappa shape index (κ1) is 13.3. The molecule has 7 nitrogen and oxygen atoms in total. The summed E-state index contributed by atoms with van der Waals surface area (Å²) in [7, 11) is 0. The van der Waals surface area contributed by atoms with E-state index in [2.05, 4.69) is 5.10 Å². The second kappa shape index (κ2) is 5.21. The minimum absolute atomic E-state index is 0.0578. The number of aromatic nitrogens is 2. The van der Waals surface area contributed by atoms with E-state index in [1.807, 2.05) is 6.92 Å². The maximum absolute atomic E-state index is 12.3. The van der Waals surface area contributed by atoms with E-state index >= 15 is 0 Å². The van der Waals surface area contributed by atoms with Gasteiger partial charge >= 0.3 is 5.97 Å². The molecule has 0 saturated heterocycles. The van der Waals surface area contributed by atoms with E-state index in [9.17, 15) is 14.4 Å². The van der Waals surface area contributed by atoms with Crippen molar-refractivity contribution < 1.29 is 14.3 Å². The highest BCUT2D eigenvalue weighted by Gasteiger charge is 2.30. The third-order valence-electron chi connectivity index (χ3n) is 2.82. The zero-order valence-electron chi connectivity index (χ0n) is 10.9. The van der Waals surface area contributed by atoms with Gasteiger partial charge in [-0.25, -0.2) is 0 Å². The number of carbonyl (C=O) groups is 2. The molecule has 0 radical (unpaired) electrons. The summed E-state index contributed by atoms with van der Waals surface area (Å²) in [4.78, 5) is 36.7. The number of amides is 1. The summed E-state index contributed by atoms with van der Waals surface area (Å²) in [5.41, 5.74) is -0.504. The summed E-state index contributed by atoms with van der Waals surface area (Å²) in [5.74, 6) is -1.19. The van der Waals surface area contributed by atoms with Crippen LogP contribution in [0, 0.1) is 0 Å². The predicted octanol–water partition coefficient (Wildman–Crippen LogP) is 0.0344. The Labute approximate surface area is 109 Å². The summed E-state index contributed by atoms with van der Waals surface area (Å²) in [6.45, 7) is 4.77. The van der Waals surface area contributed by atoms with Crippen LogP contribution < -0.4 is 10.2 Å². The highest BCUT2D eigenvalue weighted by Crippen LogP contribution is 2.19. The fraction of sp³-hybridized carbons (Fsp3) is 0.500. The average molecular weight is 265 g/mol. The zero-order valence-corrected chi connectivity index (χ0v) is 10.9. The smallest absolute Gasteiger partial charge is 0.308 e. The average Bonchev–Trinajstić information content (AvgIpc) is 2.36. The molecule has 2 rings (SSSR count). The topological polar surface area (TPSA) is 81.5 Å². The molecule has 1 amide bonds. The minimum atomic E-state index is -0.633. The number of hydrogen-bond acceptors (Lipinski definition) is 5. The molecule has 0 fully saturated rings. The Morgan fingerprint density at radius 2 is 2.16 bits per heavy atom. The predicted molar refractivity (Wildman–Crippen MR) is 66.0 cm³/mol. The van der Waals surface area contributed by atoms with Crippen molar-refractivity contribution in [1.82, 2.24) is 14.7 Å². The highest BCUT2D eigenvalue weighted by molar-refractivity contribution is 5.96. The van der Waals surface area contributed by atoms with Crippen LogP contribution in [0.15, 0.2) is 11.0 Å². The summed E-state index contributed by atoms with van der Waals surface area (Å²) < 4.78 is 6.29. The lowest BCUT2D eigenvalue weighted by molar-refractivity contribution is -0.132. The number of hydrogen-bond donors (Lipinski definition) is 0. The van der Waals surface area contributed by atoms with Gasteiger partial charge in [0.25, 0.3) is 5.91 Å². The van der Waals surface area contributed by atoms with Crippen LogP contribution in [0.2, 0.25) is 0 Å². The van der Waals surface area contributed by atoms with Gasteiger partial charge in [-0.2, -0.15) is 5.10 Å². The molecular formula is C12H15N3O4. The molecule has 0 bridgehead atoms. The van der Waals surface area contributed by atoms with Crippen LogP contribution in [0.25, 0.3) is 0 Å². The lowest BCUT2D eigenvalue weighted by Gasteiger charge is -2.29. The fourth-order valence-electron chi connectivity index (χ4n) is 2.04. The molecule has 0 saturated carbocycles. The van der Waals surface area contributed by atoms with Gasteiger partial charge < -0.3 is 9.64 Å². The van der Waals surface area contributed by atoms with Gasteiger partial charge in [0.15, 0.2) is 5.69 Å². The van der Waals surface area contributed by atoms with Gasteiger partial charge in [-0.3, -0.25) is 19.1 Å². The van der Waals surface area contributed by atoms with Crippen LogP contribution >= 0.6 is 0 Å². The second-order valence-electron chi connectivity index (χ2n) is 4.30. The van der Waals surface area contributed by atoms with E-state index in [1.165, 1.54) is 11.6 Å². The summed E-state index contributed by atoms with van der Waals surface area (Å²) in [6, 6.07) is 0. The van der Waals surface area contributed by atoms with E-state index in [0.29, 0.717) is 19.6 Å². The third-order valence-corrected chi connectivity index (χ3v) is 2.82. The molecule has 1 aromatic heterocycles. The standard InChI is InChI=1S/C12H15N3O4/c1-3-4-14-5-6-15-10(12(14)18)11(19-8(2)16)9(17)7-13-15/h7H,3-6H2,1-2H3. The molecule has 1 aliphatic heterocycles. The van der Waals surface area contributed by atoms with E-state index in [4.69, 9.17) is 4.74 Å². The minimum Gasteiger partial charge on any atom is -0.420 e. The van der Waals surface area contributed by atoms with Crippen LogP contribution in [0.5, 0.6) is 5.75 Å². The summed E-state index contributed by atoms with van der Waals surface area (Å²) >= 11 is 0. The van der Waals surface area contributed by atoms with Crippen LogP contribution in [0.3, 0.4) is 0 Å². The molecule has 1 aliphatic rings. The molecular weight excluding hydrogens is 250 g/mol. The zero-order chi connectivity index (χ0) is 14.0. The lowest BCUT2D eigenvalue weighted by Crippen LogP contribution is -2.43. The molecule has 0 aliphatic carbocycles. The van der Waals surface area contributed by atoms with E-state index < -0.39 is 11.4 Å². The summed E-state index contributed by atoms with van der Waals surface area (Å²) in [6.07, 6.45) is 1.88. The quantitative estimate of drug-likeness (QED) is 0.720. The van der Waals surface area contributed by atoms with Gasteiger partial charge in [0.2, 0.25) is 11.2 Å². The summed E-state index contributed by atoms with van der Waals surface area (Å²) in [5, 5.41) is 3.90. The number of esters is 1. The number of nitrogens with zero attached hydrogens (tertiary/aromatic N) is 3. The van der Waals surface area contributed by atoms with Gasteiger partial charge in [0.05, 0.1) is 12.7 Å². The van der Waals surface area contributed by atoms with Crippen LogP contribution in [-0.2, 0) is 11.3 Å². The monoisotopic (exact) mass is 265 g/mol. The van der Waals surface area contributed by atoms with Crippen molar-refractivity contribution in [3.8, 4) is 5.75 Å². The van der Waals surface area contributed by atoms with Crippen molar-refractivity contribution in [2.45, 2.75) is 26.8 Å². The lowest BCUT2D eigenvalue weighted by atomic mass is 10.2. The molecule has 7 heteroatoms. The molecule has 1 aromatic rings. The highest BCUT2D eigenvalue weighted by atomic mass is 16.5. The maximum Gasteiger partial charge on any atom is 0.308 e. The molecule has 102 valence electrons. The molecule has 0 aromatic carbocycles. The van der Waals surface area contributed by atoms with Gasteiger partial charge in [-0.15, -0.1) is 0 Å². The maximum atomic E-state index is 12.3. The van der Waals surface area contributed by atoms with Gasteiger partial charge in [-0.1, -0.05) is 6.92 Å². The SMILES string of the molecule is CCCN1CCn2ncc(=O)c(OC(C)=O)c2C1=O. The van der Waals surface area contributed by atoms with Crippen molar-refractivity contribution in [3.63, 3.8) is 0 Å². The van der Waals surface area contributed by atoms with Gasteiger partial charge in [0.1, 0.15) is 0 Å². The van der Waals surface area contributed by atoms with Crippen LogP contribution in [-0.4, -0.2) is 39.6 Å². The van der Waals surface area contributed by atoms with Crippen molar-refractivity contribution in [2.24, 2.45) is 0 Å². The van der Waals surface area contributed by atoms with E-state index in [1.54, 1.807) is 4.90 Å². The Balaban J connectivity index is 2.50. The number of carbonyl (C=O) groups excluding carboxylic acids is 2. The first-order chi connectivity index (χ1) is 9.04. The second-order valence-corrected chi connectivity index (χ2v) is 4.30. The van der Waals surface area contributed by atoms with E-state index in [-0.39, 0.29) is 17.4 Å². The van der Waals surface area contributed by atoms with Gasteiger partial charge in [0, 0.05) is 20.0 Å². The number of rotatable bonds is 3. The van der Waals surface area contributed by atoms with Crippen LogP contribution in [0.1, 0.15) is 30.8 Å². The Hall–Kier alpha value is -2.18. The Bertz CT molecular complexity index is 579. The molecule has 0 unspecified atom stereocenters. The normalized spacial score (nSPS) is 14.2. The molecule has 0 N–H and O–H groups in total. The molecule has 0 atom stereocenters. The first-order valence-electron chi connectivity index (χ1n) is 6.12. The van der Waals surface area contributed by atoms with Gasteiger partial charge in [-0.05, 0) is 6.42 Å². The molecule has 19 heavy (non-hydrogen) atoms. The third kappa shape index (κ3) is 2.49. The Morgan fingerprint density at radius 3 is 2.79 bits per heavy atom. The van der Waals surface area contributed by atoms with Crippen molar-refractivity contribution in [2.75, 3.05) is 13.1 Å². The van der Waals surface area contributed by atoms with Crippen molar-refractivity contribution in [3.05, 3.63) is 22.1 Å². The Morgan fingerprint density at radius 1 is 1.42 bits per heavy atom. The molecule has 0 spiro atoms. The Kier molecular flexibility index (Phi) is 3.64. The number of ether oxygens (including phenoxy) is 1. The van der Waals surface area contributed by atoms with E-state index in [0.717, 1.165) is 12.6 Å². The van der Waals surface area contributed by atoms with Crippen molar-refractivity contribution >= 4 is 11.9 Å². The fourth-order valence-corrected chi connectivity index (χ4v) is 2.04.